The Hall–Kier alpha value is -0.590. The molecule has 0 aromatic heterocycles. The molecule has 1 fully saturated rings. The van der Waals surface area contributed by atoms with Gasteiger partial charge in [-0.05, 0) is 45.2 Å². The van der Waals surface area contributed by atoms with E-state index in [4.69, 9.17) is 11.0 Å². The summed E-state index contributed by atoms with van der Waals surface area (Å²) in [7, 11) is 0. The minimum absolute atomic E-state index is 0.417. The molecule has 14 heavy (non-hydrogen) atoms. The molecule has 0 aromatic rings. The minimum atomic E-state index is 0.417. The van der Waals surface area contributed by atoms with Gasteiger partial charge in [0.15, 0.2) is 0 Å². The van der Waals surface area contributed by atoms with Gasteiger partial charge in [0.25, 0.3) is 0 Å². The van der Waals surface area contributed by atoms with E-state index >= 15 is 0 Å². The van der Waals surface area contributed by atoms with Crippen LogP contribution in [0.5, 0.6) is 0 Å². The average molecular weight is 195 g/mol. The third kappa shape index (κ3) is 3.28. The Labute approximate surface area is 86.9 Å². The van der Waals surface area contributed by atoms with Crippen molar-refractivity contribution < 1.29 is 0 Å². The molecule has 1 saturated heterocycles. The summed E-state index contributed by atoms with van der Waals surface area (Å²) in [6.45, 7) is 5.24. The SMILES string of the molecule is CC(CC#N)N1CCCC(CCN)C1. The van der Waals surface area contributed by atoms with Crippen LogP contribution in [0.2, 0.25) is 0 Å². The maximum absolute atomic E-state index is 8.64. The molecule has 0 saturated carbocycles. The summed E-state index contributed by atoms with van der Waals surface area (Å²) in [5, 5.41) is 8.64. The molecule has 2 unspecified atom stereocenters. The number of hydrogen-bond donors (Lipinski definition) is 1. The largest absolute Gasteiger partial charge is 0.330 e. The second-order valence-electron chi connectivity index (χ2n) is 4.29. The number of piperidine rings is 1. The van der Waals surface area contributed by atoms with Crippen molar-refractivity contribution in [2.24, 2.45) is 11.7 Å². The molecule has 0 amide bonds. The number of likely N-dealkylation sites (tertiary alicyclic amines) is 1. The van der Waals surface area contributed by atoms with Crippen molar-refractivity contribution in [3.05, 3.63) is 0 Å². The number of rotatable bonds is 4. The number of nitrogens with zero attached hydrogens (tertiary/aromatic N) is 2. The van der Waals surface area contributed by atoms with E-state index in [9.17, 15) is 0 Å². The van der Waals surface area contributed by atoms with E-state index in [1.165, 1.54) is 12.8 Å². The van der Waals surface area contributed by atoms with Crippen molar-refractivity contribution >= 4 is 0 Å². The molecular weight excluding hydrogens is 174 g/mol. The van der Waals surface area contributed by atoms with Gasteiger partial charge in [-0.15, -0.1) is 0 Å². The highest BCUT2D eigenvalue weighted by Crippen LogP contribution is 2.21. The molecule has 2 N–H and O–H groups in total. The van der Waals surface area contributed by atoms with E-state index in [1.807, 2.05) is 0 Å². The third-order valence-electron chi connectivity index (χ3n) is 3.14. The van der Waals surface area contributed by atoms with E-state index in [0.29, 0.717) is 12.5 Å². The maximum Gasteiger partial charge on any atom is 0.0638 e. The van der Waals surface area contributed by atoms with Crippen LogP contribution in [-0.4, -0.2) is 30.6 Å². The van der Waals surface area contributed by atoms with E-state index in [0.717, 1.165) is 32.0 Å². The van der Waals surface area contributed by atoms with E-state index in [-0.39, 0.29) is 0 Å². The normalized spacial score (nSPS) is 25.6. The second-order valence-corrected chi connectivity index (χ2v) is 4.29. The lowest BCUT2D eigenvalue weighted by molar-refractivity contribution is 0.130. The van der Waals surface area contributed by atoms with Crippen LogP contribution < -0.4 is 5.73 Å². The molecule has 1 rings (SSSR count). The standard InChI is InChI=1S/C11H21N3/c1-10(4-6-12)14-8-2-3-11(9-14)5-7-13/h10-11H,2-5,7-9,13H2,1H3. The van der Waals surface area contributed by atoms with Gasteiger partial charge in [-0.2, -0.15) is 5.26 Å². The fourth-order valence-corrected chi connectivity index (χ4v) is 2.23. The fraction of sp³-hybridized carbons (Fsp3) is 0.909. The van der Waals surface area contributed by atoms with E-state index < -0.39 is 0 Å². The summed E-state index contributed by atoms with van der Waals surface area (Å²) in [5.74, 6) is 0.759. The first-order valence-electron chi connectivity index (χ1n) is 5.59. The summed E-state index contributed by atoms with van der Waals surface area (Å²) in [6.07, 6.45) is 4.36. The van der Waals surface area contributed by atoms with Gasteiger partial charge in [-0.1, -0.05) is 0 Å². The van der Waals surface area contributed by atoms with Crippen LogP contribution >= 0.6 is 0 Å². The molecule has 3 nitrogen and oxygen atoms in total. The van der Waals surface area contributed by atoms with Crippen LogP contribution in [0, 0.1) is 17.2 Å². The highest BCUT2D eigenvalue weighted by molar-refractivity contribution is 4.83. The topological polar surface area (TPSA) is 53.0 Å². The summed E-state index contributed by atoms with van der Waals surface area (Å²) in [4.78, 5) is 2.44. The lowest BCUT2D eigenvalue weighted by atomic mass is 9.93. The van der Waals surface area contributed by atoms with Crippen molar-refractivity contribution in [3.8, 4) is 6.07 Å². The average Bonchev–Trinajstić information content (AvgIpc) is 2.19. The molecule has 0 bridgehead atoms. The van der Waals surface area contributed by atoms with Crippen LogP contribution in [-0.2, 0) is 0 Å². The van der Waals surface area contributed by atoms with Gasteiger partial charge in [0.1, 0.15) is 0 Å². The van der Waals surface area contributed by atoms with Crippen LogP contribution in [0.15, 0.2) is 0 Å². The first-order chi connectivity index (χ1) is 6.77. The Balaban J connectivity index is 2.35. The minimum Gasteiger partial charge on any atom is -0.330 e. The van der Waals surface area contributed by atoms with Crippen molar-refractivity contribution in [3.63, 3.8) is 0 Å². The van der Waals surface area contributed by atoms with Gasteiger partial charge in [0.05, 0.1) is 12.5 Å². The van der Waals surface area contributed by atoms with Crippen molar-refractivity contribution in [2.45, 2.75) is 38.6 Å². The summed E-state index contributed by atoms with van der Waals surface area (Å²) >= 11 is 0. The number of hydrogen-bond acceptors (Lipinski definition) is 3. The molecule has 0 aliphatic carbocycles. The molecule has 3 heteroatoms. The second kappa shape index (κ2) is 6.00. The fourth-order valence-electron chi connectivity index (χ4n) is 2.23. The van der Waals surface area contributed by atoms with Crippen LogP contribution in [0.25, 0.3) is 0 Å². The molecule has 0 spiro atoms. The van der Waals surface area contributed by atoms with E-state index in [1.54, 1.807) is 0 Å². The van der Waals surface area contributed by atoms with Gasteiger partial charge < -0.3 is 5.73 Å². The number of nitriles is 1. The molecule has 80 valence electrons. The zero-order valence-corrected chi connectivity index (χ0v) is 9.08. The van der Waals surface area contributed by atoms with Gasteiger partial charge in [-0.25, -0.2) is 0 Å². The lowest BCUT2D eigenvalue weighted by Gasteiger charge is -2.36. The van der Waals surface area contributed by atoms with Gasteiger partial charge in [-0.3, -0.25) is 4.90 Å². The number of nitrogens with two attached hydrogens (primary N) is 1. The van der Waals surface area contributed by atoms with Gasteiger partial charge >= 0.3 is 0 Å². The summed E-state index contributed by atoms with van der Waals surface area (Å²) < 4.78 is 0. The third-order valence-corrected chi connectivity index (χ3v) is 3.14. The van der Waals surface area contributed by atoms with Crippen molar-refractivity contribution in [1.82, 2.24) is 4.90 Å². The zero-order valence-electron chi connectivity index (χ0n) is 9.08. The highest BCUT2D eigenvalue weighted by atomic mass is 15.2. The maximum atomic E-state index is 8.64. The Morgan fingerprint density at radius 3 is 3.07 bits per heavy atom. The summed E-state index contributed by atoms with van der Waals surface area (Å²) in [6, 6.07) is 2.66. The Morgan fingerprint density at radius 1 is 1.64 bits per heavy atom. The molecule has 0 aromatic carbocycles. The zero-order chi connectivity index (χ0) is 10.4. The summed E-state index contributed by atoms with van der Waals surface area (Å²) in [5.41, 5.74) is 5.57. The Kier molecular flexibility index (Phi) is 4.92. The Bertz CT molecular complexity index is 195. The molecule has 1 aliphatic heterocycles. The van der Waals surface area contributed by atoms with E-state index in [2.05, 4.69) is 17.9 Å². The molecule has 1 aliphatic rings. The first kappa shape index (κ1) is 11.5. The molecule has 1 heterocycles. The molecular formula is C11H21N3. The van der Waals surface area contributed by atoms with Crippen LogP contribution in [0.3, 0.4) is 0 Å². The van der Waals surface area contributed by atoms with Crippen LogP contribution in [0.4, 0.5) is 0 Å². The highest BCUT2D eigenvalue weighted by Gasteiger charge is 2.22. The molecule has 0 radical (unpaired) electrons. The van der Waals surface area contributed by atoms with Crippen LogP contribution in [0.1, 0.15) is 32.6 Å². The Morgan fingerprint density at radius 2 is 2.43 bits per heavy atom. The van der Waals surface area contributed by atoms with Gasteiger partial charge in [0, 0.05) is 12.6 Å². The van der Waals surface area contributed by atoms with Gasteiger partial charge in [0.2, 0.25) is 0 Å². The predicted octanol–water partition coefficient (Wildman–Crippen LogP) is 1.35. The molecule has 2 atom stereocenters. The smallest absolute Gasteiger partial charge is 0.0638 e. The predicted molar refractivity (Wildman–Crippen MR) is 57.7 cm³/mol. The lowest BCUT2D eigenvalue weighted by Crippen LogP contribution is -2.41. The van der Waals surface area contributed by atoms with Crippen molar-refractivity contribution in [1.29, 1.82) is 5.26 Å². The van der Waals surface area contributed by atoms with Crippen molar-refractivity contribution in [2.75, 3.05) is 19.6 Å². The monoisotopic (exact) mass is 195 g/mol. The quantitative estimate of drug-likeness (QED) is 0.736. The first-order valence-corrected chi connectivity index (χ1v) is 5.59.